The number of benzene rings is 3. The molecule has 6 heteroatoms. The lowest BCUT2D eigenvalue weighted by molar-refractivity contribution is 0.0581. The zero-order chi connectivity index (χ0) is 27.4. The topological polar surface area (TPSA) is 58.0 Å². The average molecular weight is 519 g/mol. The summed E-state index contributed by atoms with van der Waals surface area (Å²) in [4.78, 5) is 20.8. The van der Waals surface area contributed by atoms with Crippen molar-refractivity contribution in [1.82, 2.24) is 4.98 Å². The minimum atomic E-state index is -0.701. The number of carbonyl (C=O) groups is 1. The Labute approximate surface area is 230 Å². The first kappa shape index (κ1) is 26.2. The standard InChI is InChI=1S/C33H34N4O2/c1-24-12-10-17-27(22-24)30(26-14-6-5-7-15-26)35-37(32(38)39-33(2,3)4)29-18-11-20-34-31(29)36-21-19-25-13-8-9-16-28(25)23-36/h5-18,20,22H,19,21,23H2,1-4H3. The third-order valence-corrected chi connectivity index (χ3v) is 6.53. The Morgan fingerprint density at radius 3 is 2.36 bits per heavy atom. The molecule has 0 spiro atoms. The number of nitrogens with zero attached hydrogens (tertiary/aromatic N) is 4. The number of pyridine rings is 1. The Balaban J connectivity index is 1.65. The van der Waals surface area contributed by atoms with Crippen LogP contribution in [-0.4, -0.2) is 28.9 Å². The minimum absolute atomic E-state index is 0.560. The van der Waals surface area contributed by atoms with E-state index < -0.39 is 11.7 Å². The molecule has 0 aliphatic carbocycles. The number of rotatable bonds is 5. The molecule has 0 fully saturated rings. The van der Waals surface area contributed by atoms with Gasteiger partial charge in [0.2, 0.25) is 0 Å². The molecule has 1 amide bonds. The quantitative estimate of drug-likeness (QED) is 0.208. The first-order valence-electron chi connectivity index (χ1n) is 13.3. The van der Waals surface area contributed by atoms with Crippen LogP contribution in [0.1, 0.15) is 48.6 Å². The van der Waals surface area contributed by atoms with Crippen LogP contribution in [0.15, 0.2) is 102 Å². The smallest absolute Gasteiger partial charge is 0.435 e. The molecule has 3 aromatic carbocycles. The number of aryl methyl sites for hydroxylation is 1. The highest BCUT2D eigenvalue weighted by molar-refractivity contribution is 6.14. The molecule has 4 aromatic rings. The van der Waals surface area contributed by atoms with Gasteiger partial charge in [-0.1, -0.05) is 78.4 Å². The van der Waals surface area contributed by atoms with Crippen molar-refractivity contribution in [3.05, 3.63) is 125 Å². The largest absolute Gasteiger partial charge is 0.442 e. The molecule has 2 heterocycles. The summed E-state index contributed by atoms with van der Waals surface area (Å²) in [7, 11) is 0. The van der Waals surface area contributed by atoms with E-state index in [4.69, 9.17) is 14.8 Å². The van der Waals surface area contributed by atoms with Crippen LogP contribution < -0.4 is 9.91 Å². The molecule has 6 nitrogen and oxygen atoms in total. The molecule has 0 radical (unpaired) electrons. The summed E-state index contributed by atoms with van der Waals surface area (Å²) < 4.78 is 5.88. The molecule has 39 heavy (non-hydrogen) atoms. The predicted octanol–water partition coefficient (Wildman–Crippen LogP) is 7.15. The van der Waals surface area contributed by atoms with E-state index in [1.165, 1.54) is 16.1 Å². The Hall–Kier alpha value is -4.45. The van der Waals surface area contributed by atoms with Crippen LogP contribution in [0, 0.1) is 6.92 Å². The van der Waals surface area contributed by atoms with Crippen LogP contribution in [0.2, 0.25) is 0 Å². The highest BCUT2D eigenvalue weighted by Gasteiger charge is 2.29. The van der Waals surface area contributed by atoms with E-state index in [1.54, 1.807) is 6.20 Å². The summed E-state index contributed by atoms with van der Waals surface area (Å²) in [5.41, 5.74) is 6.07. The van der Waals surface area contributed by atoms with Crippen molar-refractivity contribution >= 4 is 23.3 Å². The van der Waals surface area contributed by atoms with E-state index >= 15 is 0 Å². The van der Waals surface area contributed by atoms with Crippen molar-refractivity contribution in [2.24, 2.45) is 5.10 Å². The second-order valence-corrected chi connectivity index (χ2v) is 10.8. The van der Waals surface area contributed by atoms with E-state index in [1.807, 2.05) is 88.4 Å². The number of carbonyl (C=O) groups excluding carboxylic acids is 1. The van der Waals surface area contributed by atoms with Gasteiger partial charge in [-0.2, -0.15) is 10.1 Å². The Bertz CT molecular complexity index is 1490. The van der Waals surface area contributed by atoms with E-state index in [-0.39, 0.29) is 0 Å². The maximum atomic E-state index is 13.8. The van der Waals surface area contributed by atoms with Gasteiger partial charge in [0.05, 0.1) is 5.71 Å². The average Bonchev–Trinajstić information content (AvgIpc) is 2.93. The van der Waals surface area contributed by atoms with Crippen LogP contribution in [0.4, 0.5) is 16.3 Å². The molecule has 1 aromatic heterocycles. The number of ether oxygens (including phenoxy) is 1. The lowest BCUT2D eigenvalue weighted by atomic mass is 10.00. The summed E-state index contributed by atoms with van der Waals surface area (Å²) >= 11 is 0. The van der Waals surface area contributed by atoms with Gasteiger partial charge in [0.15, 0.2) is 5.82 Å². The zero-order valence-corrected chi connectivity index (χ0v) is 23.0. The SMILES string of the molecule is Cc1cccc(C(=NN(C(=O)OC(C)(C)C)c2cccnc2N2CCc3ccccc3C2)c2ccccc2)c1. The number of fused-ring (bicyclic) bond motifs is 1. The van der Waals surface area contributed by atoms with Gasteiger partial charge in [0.1, 0.15) is 11.3 Å². The summed E-state index contributed by atoms with van der Waals surface area (Å²) in [5, 5.41) is 6.39. The van der Waals surface area contributed by atoms with Crippen molar-refractivity contribution in [3.8, 4) is 0 Å². The summed E-state index contributed by atoms with van der Waals surface area (Å²) in [6.07, 6.45) is 2.10. The molecule has 0 bridgehead atoms. The second kappa shape index (κ2) is 11.1. The molecular formula is C33H34N4O2. The van der Waals surface area contributed by atoms with Gasteiger partial charge in [0, 0.05) is 30.4 Å². The van der Waals surface area contributed by atoms with E-state index in [0.717, 1.165) is 29.7 Å². The fraction of sp³-hybridized carbons (Fsp3) is 0.242. The molecular weight excluding hydrogens is 484 g/mol. The third-order valence-electron chi connectivity index (χ3n) is 6.53. The zero-order valence-electron chi connectivity index (χ0n) is 23.0. The fourth-order valence-corrected chi connectivity index (χ4v) is 4.74. The first-order valence-corrected chi connectivity index (χ1v) is 13.3. The van der Waals surface area contributed by atoms with Gasteiger partial charge < -0.3 is 9.64 Å². The highest BCUT2D eigenvalue weighted by atomic mass is 16.6. The Morgan fingerprint density at radius 1 is 0.897 bits per heavy atom. The van der Waals surface area contributed by atoms with E-state index in [2.05, 4.69) is 35.2 Å². The summed E-state index contributed by atoms with van der Waals surface area (Å²) in [6.45, 7) is 9.11. The lowest BCUT2D eigenvalue weighted by Crippen LogP contribution is -2.37. The summed E-state index contributed by atoms with van der Waals surface area (Å²) in [5.74, 6) is 0.693. The predicted molar refractivity (Wildman–Crippen MR) is 157 cm³/mol. The Morgan fingerprint density at radius 2 is 1.62 bits per heavy atom. The second-order valence-electron chi connectivity index (χ2n) is 10.8. The van der Waals surface area contributed by atoms with Crippen LogP contribution >= 0.6 is 0 Å². The van der Waals surface area contributed by atoms with Gasteiger partial charge in [-0.25, -0.2) is 9.78 Å². The normalized spacial score (nSPS) is 13.5. The van der Waals surface area contributed by atoms with E-state index in [9.17, 15) is 4.79 Å². The Kier molecular flexibility index (Phi) is 7.46. The van der Waals surface area contributed by atoms with Gasteiger partial charge in [-0.15, -0.1) is 0 Å². The van der Waals surface area contributed by atoms with E-state index in [0.29, 0.717) is 23.8 Å². The molecule has 1 aliphatic heterocycles. The maximum absolute atomic E-state index is 13.8. The van der Waals surface area contributed by atoms with Crippen LogP contribution in [0.5, 0.6) is 0 Å². The number of hydrogen-bond donors (Lipinski definition) is 0. The van der Waals surface area contributed by atoms with Gasteiger partial charge >= 0.3 is 6.09 Å². The van der Waals surface area contributed by atoms with Crippen molar-refractivity contribution in [2.45, 2.75) is 46.3 Å². The van der Waals surface area contributed by atoms with Crippen molar-refractivity contribution in [2.75, 3.05) is 16.5 Å². The van der Waals surface area contributed by atoms with Crippen molar-refractivity contribution in [1.29, 1.82) is 0 Å². The molecule has 0 atom stereocenters. The van der Waals surface area contributed by atoms with Crippen LogP contribution in [0.25, 0.3) is 0 Å². The van der Waals surface area contributed by atoms with Crippen LogP contribution in [0.3, 0.4) is 0 Å². The number of amides is 1. The molecule has 1 aliphatic rings. The van der Waals surface area contributed by atoms with Crippen molar-refractivity contribution < 1.29 is 9.53 Å². The number of aromatic nitrogens is 1. The van der Waals surface area contributed by atoms with Gasteiger partial charge in [0.25, 0.3) is 0 Å². The maximum Gasteiger partial charge on any atom is 0.435 e. The first-order chi connectivity index (χ1) is 18.8. The molecule has 0 saturated heterocycles. The molecule has 198 valence electrons. The van der Waals surface area contributed by atoms with Gasteiger partial charge in [-0.3, -0.25) is 0 Å². The molecule has 0 unspecified atom stereocenters. The van der Waals surface area contributed by atoms with Crippen molar-refractivity contribution in [3.63, 3.8) is 0 Å². The fourth-order valence-electron chi connectivity index (χ4n) is 4.74. The highest BCUT2D eigenvalue weighted by Crippen LogP contribution is 2.33. The number of hydrogen-bond acceptors (Lipinski definition) is 5. The number of hydrazone groups is 1. The molecule has 0 saturated carbocycles. The number of anilines is 2. The molecule has 0 N–H and O–H groups in total. The lowest BCUT2D eigenvalue weighted by Gasteiger charge is -2.33. The monoisotopic (exact) mass is 518 g/mol. The molecule has 5 rings (SSSR count). The third kappa shape index (κ3) is 6.17. The van der Waals surface area contributed by atoms with Gasteiger partial charge in [-0.05, 0) is 63.4 Å². The van der Waals surface area contributed by atoms with Crippen LogP contribution in [-0.2, 0) is 17.7 Å². The minimum Gasteiger partial charge on any atom is -0.442 e. The summed E-state index contributed by atoms with van der Waals surface area (Å²) in [6, 6.07) is 30.2.